The summed E-state index contributed by atoms with van der Waals surface area (Å²) in [7, 11) is 1.73. The summed E-state index contributed by atoms with van der Waals surface area (Å²) in [6, 6.07) is 7.82. The molecule has 1 aromatic heterocycles. The van der Waals surface area contributed by atoms with E-state index >= 15 is 0 Å². The van der Waals surface area contributed by atoms with Gasteiger partial charge in [-0.2, -0.15) is 4.99 Å². The van der Waals surface area contributed by atoms with Gasteiger partial charge in [0.15, 0.2) is 5.17 Å². The number of carbonyl (C=O) groups is 1. The largest absolute Gasteiger partial charge is 0.289 e. The summed E-state index contributed by atoms with van der Waals surface area (Å²) in [6.45, 7) is 0. The maximum atomic E-state index is 12.2. The molecule has 4 nitrogen and oxygen atoms in total. The topological polar surface area (TPSA) is 45.6 Å². The Bertz CT molecular complexity index is 723. The molecule has 7 heteroatoms. The van der Waals surface area contributed by atoms with Crippen LogP contribution in [-0.2, 0) is 4.79 Å². The number of aromatic nitrogens is 1. The Hall–Kier alpha value is -1.44. The molecule has 0 atom stereocenters. The molecule has 3 rings (SSSR count). The van der Waals surface area contributed by atoms with Crippen LogP contribution in [0.25, 0.3) is 6.08 Å². The van der Waals surface area contributed by atoms with Crippen LogP contribution in [0.4, 0.5) is 5.13 Å². The minimum absolute atomic E-state index is 0.0433. The quantitative estimate of drug-likeness (QED) is 0.736. The fourth-order valence-corrected chi connectivity index (χ4v) is 3.51. The van der Waals surface area contributed by atoms with E-state index in [4.69, 9.17) is 0 Å². The summed E-state index contributed by atoms with van der Waals surface area (Å²) >= 11 is 6.21. The van der Waals surface area contributed by atoms with Gasteiger partial charge in [-0.05, 0) is 35.5 Å². The number of amides is 1. The first-order chi connectivity index (χ1) is 10.1. The molecular weight excluding hydrogens is 370 g/mol. The predicted octanol–water partition coefficient (Wildman–Crippen LogP) is 4.14. The summed E-state index contributed by atoms with van der Waals surface area (Å²) in [5, 5.41) is 3.17. The summed E-state index contributed by atoms with van der Waals surface area (Å²) in [6.07, 6.45) is 3.57. The molecule has 1 aromatic carbocycles. The second-order valence-electron chi connectivity index (χ2n) is 4.24. The van der Waals surface area contributed by atoms with Crippen LogP contribution in [0.15, 0.2) is 50.2 Å². The Morgan fingerprint density at radius 3 is 2.76 bits per heavy atom. The molecule has 2 aromatic rings. The second kappa shape index (κ2) is 6.13. The second-order valence-corrected chi connectivity index (χ2v) is 7.03. The lowest BCUT2D eigenvalue weighted by Crippen LogP contribution is -2.23. The third-order valence-electron chi connectivity index (χ3n) is 2.78. The first kappa shape index (κ1) is 14.5. The SMILES string of the molecule is CN1C(=O)/C(=C/c2ccc(Br)cc2)S/C1=N/c1nccs1. The molecule has 0 unspecified atom stereocenters. The van der Waals surface area contributed by atoms with Crippen LogP contribution in [0.2, 0.25) is 0 Å². The van der Waals surface area contributed by atoms with E-state index in [1.165, 1.54) is 23.1 Å². The maximum absolute atomic E-state index is 12.2. The van der Waals surface area contributed by atoms with Gasteiger partial charge >= 0.3 is 0 Å². The smallest absolute Gasteiger partial charge is 0.266 e. The number of hydrogen-bond acceptors (Lipinski definition) is 5. The summed E-state index contributed by atoms with van der Waals surface area (Å²) in [5.41, 5.74) is 0.984. The lowest BCUT2D eigenvalue weighted by atomic mass is 10.2. The van der Waals surface area contributed by atoms with Crippen molar-refractivity contribution in [1.29, 1.82) is 0 Å². The molecule has 1 fully saturated rings. The minimum Gasteiger partial charge on any atom is -0.289 e. The number of benzene rings is 1. The number of halogens is 1. The number of thioether (sulfide) groups is 1. The molecule has 1 aliphatic heterocycles. The molecular formula is C14H10BrN3OS2. The highest BCUT2D eigenvalue weighted by Gasteiger charge is 2.30. The van der Waals surface area contributed by atoms with Gasteiger partial charge in [-0.3, -0.25) is 9.69 Å². The van der Waals surface area contributed by atoms with Crippen LogP contribution >= 0.6 is 39.0 Å². The third kappa shape index (κ3) is 3.25. The van der Waals surface area contributed by atoms with E-state index in [1.807, 2.05) is 35.7 Å². The number of amidine groups is 1. The number of rotatable bonds is 2. The summed E-state index contributed by atoms with van der Waals surface area (Å²) < 4.78 is 1.01. The molecule has 1 saturated heterocycles. The van der Waals surface area contributed by atoms with Gasteiger partial charge in [0.25, 0.3) is 5.91 Å². The Balaban J connectivity index is 1.88. The van der Waals surface area contributed by atoms with Crippen molar-refractivity contribution in [2.45, 2.75) is 0 Å². The van der Waals surface area contributed by atoms with Crippen LogP contribution in [0.3, 0.4) is 0 Å². The highest BCUT2D eigenvalue weighted by atomic mass is 79.9. The van der Waals surface area contributed by atoms with Gasteiger partial charge in [0.1, 0.15) is 0 Å². The fourth-order valence-electron chi connectivity index (χ4n) is 1.71. The average Bonchev–Trinajstić information content (AvgIpc) is 3.07. The van der Waals surface area contributed by atoms with E-state index < -0.39 is 0 Å². The number of nitrogens with zero attached hydrogens (tertiary/aromatic N) is 3. The molecule has 0 spiro atoms. The molecule has 0 radical (unpaired) electrons. The zero-order chi connectivity index (χ0) is 14.8. The number of thiazole rings is 1. The number of aliphatic imine (C=N–C) groups is 1. The Morgan fingerprint density at radius 1 is 1.33 bits per heavy atom. The van der Waals surface area contributed by atoms with Gasteiger partial charge in [-0.25, -0.2) is 4.98 Å². The van der Waals surface area contributed by atoms with Gasteiger partial charge in [0.2, 0.25) is 5.13 Å². The normalized spacial score (nSPS) is 19.0. The predicted molar refractivity (Wildman–Crippen MR) is 91.7 cm³/mol. The number of hydrogen-bond donors (Lipinski definition) is 0. The number of carbonyl (C=O) groups excluding carboxylic acids is 1. The molecule has 1 amide bonds. The highest BCUT2D eigenvalue weighted by molar-refractivity contribution is 9.10. The van der Waals surface area contributed by atoms with E-state index in [1.54, 1.807) is 18.1 Å². The van der Waals surface area contributed by atoms with Gasteiger partial charge < -0.3 is 0 Å². The van der Waals surface area contributed by atoms with E-state index in [0.717, 1.165) is 10.0 Å². The van der Waals surface area contributed by atoms with Crippen LogP contribution in [0.1, 0.15) is 5.56 Å². The van der Waals surface area contributed by atoms with Gasteiger partial charge in [0, 0.05) is 23.1 Å². The fraction of sp³-hybridized carbons (Fsp3) is 0.0714. The Kier molecular flexibility index (Phi) is 4.23. The zero-order valence-electron chi connectivity index (χ0n) is 11.0. The van der Waals surface area contributed by atoms with Crippen LogP contribution < -0.4 is 0 Å². The van der Waals surface area contributed by atoms with E-state index in [9.17, 15) is 4.79 Å². The van der Waals surface area contributed by atoms with Crippen molar-refractivity contribution in [3.63, 3.8) is 0 Å². The average molecular weight is 380 g/mol. The van der Waals surface area contributed by atoms with Crippen molar-refractivity contribution < 1.29 is 4.79 Å². The van der Waals surface area contributed by atoms with Crippen molar-refractivity contribution in [3.05, 3.63) is 50.8 Å². The third-order valence-corrected chi connectivity index (χ3v) is 5.04. The van der Waals surface area contributed by atoms with Crippen molar-refractivity contribution in [1.82, 2.24) is 9.88 Å². The number of likely N-dealkylation sites (N-methyl/N-ethyl adjacent to an activating group) is 1. The van der Waals surface area contributed by atoms with E-state index in [0.29, 0.717) is 15.2 Å². The molecule has 0 N–H and O–H groups in total. The van der Waals surface area contributed by atoms with Crippen molar-refractivity contribution in [3.8, 4) is 0 Å². The molecule has 0 bridgehead atoms. The Labute approximate surface area is 138 Å². The molecule has 106 valence electrons. The standard InChI is InChI=1S/C14H10BrN3OS2/c1-18-12(19)11(8-9-2-4-10(15)5-3-9)21-14(18)17-13-16-6-7-20-13/h2-8H,1H3/b11-8-,17-14+. The van der Waals surface area contributed by atoms with Gasteiger partial charge in [-0.1, -0.05) is 28.1 Å². The van der Waals surface area contributed by atoms with Crippen LogP contribution in [0, 0.1) is 0 Å². The first-order valence-corrected chi connectivity index (χ1v) is 8.54. The van der Waals surface area contributed by atoms with Crippen molar-refractivity contribution in [2.75, 3.05) is 7.05 Å². The monoisotopic (exact) mass is 379 g/mol. The van der Waals surface area contributed by atoms with Crippen LogP contribution in [0.5, 0.6) is 0 Å². The molecule has 21 heavy (non-hydrogen) atoms. The lowest BCUT2D eigenvalue weighted by molar-refractivity contribution is -0.121. The summed E-state index contributed by atoms with van der Waals surface area (Å²) in [4.78, 5) is 23.0. The molecule has 0 aliphatic carbocycles. The maximum Gasteiger partial charge on any atom is 0.266 e. The lowest BCUT2D eigenvalue weighted by Gasteiger charge is -2.05. The van der Waals surface area contributed by atoms with Gasteiger partial charge in [-0.15, -0.1) is 11.3 Å². The van der Waals surface area contributed by atoms with Gasteiger partial charge in [0.05, 0.1) is 4.91 Å². The molecule has 2 heterocycles. The minimum atomic E-state index is -0.0433. The van der Waals surface area contributed by atoms with E-state index in [-0.39, 0.29) is 5.91 Å². The first-order valence-electron chi connectivity index (χ1n) is 6.05. The summed E-state index contributed by atoms with van der Waals surface area (Å²) in [5.74, 6) is -0.0433. The van der Waals surface area contributed by atoms with Crippen molar-refractivity contribution in [2.24, 2.45) is 4.99 Å². The molecule has 1 aliphatic rings. The zero-order valence-corrected chi connectivity index (χ0v) is 14.2. The Morgan fingerprint density at radius 2 is 2.10 bits per heavy atom. The molecule has 0 saturated carbocycles. The van der Waals surface area contributed by atoms with E-state index in [2.05, 4.69) is 25.9 Å². The van der Waals surface area contributed by atoms with Crippen LogP contribution in [-0.4, -0.2) is 28.0 Å². The van der Waals surface area contributed by atoms with Crippen molar-refractivity contribution >= 4 is 61.3 Å². The highest BCUT2D eigenvalue weighted by Crippen LogP contribution is 2.33.